The molecule has 1 aromatic rings. The molecular weight excluding hydrogens is 324 g/mol. The van der Waals surface area contributed by atoms with Crippen molar-refractivity contribution in [3.05, 3.63) is 29.8 Å². The zero-order chi connectivity index (χ0) is 17.6. The molecule has 1 amide bonds. The fraction of sp³-hybridized carbons (Fsp3) is 0.556. The van der Waals surface area contributed by atoms with Crippen molar-refractivity contribution in [2.45, 2.75) is 56.4 Å². The number of carbonyl (C=O) groups is 1. The second-order valence-corrected chi connectivity index (χ2v) is 8.66. The third kappa shape index (κ3) is 5.07. The van der Waals surface area contributed by atoms with E-state index in [1.54, 1.807) is 12.1 Å². The first-order valence-corrected chi connectivity index (χ1v) is 10.1. The SMILES string of the molecule is C[C@@H]1CCC[C@@H](NC(=O)c2ccc(S(=O)(=O)CCCC#N)cc2)C1. The van der Waals surface area contributed by atoms with Crippen molar-refractivity contribution in [2.24, 2.45) is 5.92 Å². The summed E-state index contributed by atoms with van der Waals surface area (Å²) >= 11 is 0. The fourth-order valence-electron chi connectivity index (χ4n) is 3.11. The van der Waals surface area contributed by atoms with E-state index in [0.29, 0.717) is 17.9 Å². The molecule has 0 radical (unpaired) electrons. The van der Waals surface area contributed by atoms with Crippen LogP contribution in [0.25, 0.3) is 0 Å². The first-order valence-electron chi connectivity index (χ1n) is 8.43. The van der Waals surface area contributed by atoms with E-state index < -0.39 is 9.84 Å². The molecule has 24 heavy (non-hydrogen) atoms. The lowest BCUT2D eigenvalue weighted by Gasteiger charge is -2.27. The molecule has 0 heterocycles. The van der Waals surface area contributed by atoms with E-state index in [9.17, 15) is 13.2 Å². The Hall–Kier alpha value is -1.87. The van der Waals surface area contributed by atoms with Crippen LogP contribution in [-0.2, 0) is 9.84 Å². The minimum atomic E-state index is -3.39. The van der Waals surface area contributed by atoms with Crippen molar-refractivity contribution < 1.29 is 13.2 Å². The van der Waals surface area contributed by atoms with Crippen LogP contribution in [0.3, 0.4) is 0 Å². The van der Waals surface area contributed by atoms with Crippen molar-refractivity contribution in [2.75, 3.05) is 5.75 Å². The van der Waals surface area contributed by atoms with Gasteiger partial charge in [0.1, 0.15) is 0 Å². The van der Waals surface area contributed by atoms with Crippen LogP contribution in [0, 0.1) is 17.2 Å². The zero-order valence-corrected chi connectivity index (χ0v) is 14.8. The molecule has 2 rings (SSSR count). The molecule has 130 valence electrons. The van der Waals surface area contributed by atoms with Crippen LogP contribution in [0.5, 0.6) is 0 Å². The third-order valence-electron chi connectivity index (χ3n) is 4.45. The summed E-state index contributed by atoms with van der Waals surface area (Å²) in [5.74, 6) is 0.430. The highest BCUT2D eigenvalue weighted by molar-refractivity contribution is 7.91. The Morgan fingerprint density at radius 1 is 1.29 bits per heavy atom. The minimum Gasteiger partial charge on any atom is -0.349 e. The van der Waals surface area contributed by atoms with Gasteiger partial charge in [0.2, 0.25) is 0 Å². The van der Waals surface area contributed by atoms with Crippen LogP contribution >= 0.6 is 0 Å². The quantitative estimate of drug-likeness (QED) is 0.800. The summed E-state index contributed by atoms with van der Waals surface area (Å²) in [6.07, 6.45) is 4.88. The number of amides is 1. The Kier molecular flexibility index (Phi) is 6.38. The van der Waals surface area contributed by atoms with Crippen molar-refractivity contribution in [1.29, 1.82) is 5.26 Å². The molecule has 1 N–H and O–H groups in total. The molecule has 0 aromatic heterocycles. The largest absolute Gasteiger partial charge is 0.349 e. The average Bonchev–Trinajstić information content (AvgIpc) is 2.55. The molecule has 0 spiro atoms. The third-order valence-corrected chi connectivity index (χ3v) is 6.27. The fourth-order valence-corrected chi connectivity index (χ4v) is 4.42. The predicted molar refractivity (Wildman–Crippen MR) is 92.2 cm³/mol. The van der Waals surface area contributed by atoms with Gasteiger partial charge in [0.05, 0.1) is 16.7 Å². The number of hydrogen-bond acceptors (Lipinski definition) is 4. The molecule has 5 nitrogen and oxygen atoms in total. The standard InChI is InChI=1S/C18H24N2O3S/c1-14-5-4-6-16(13-14)20-18(21)15-7-9-17(10-8-15)24(22,23)12-3-2-11-19/h7-10,14,16H,2-6,12-13H2,1H3,(H,20,21)/t14-,16-/m1/s1. The maximum atomic E-state index is 12.3. The normalized spacial score (nSPS) is 21.0. The number of carbonyl (C=O) groups excluding carboxylic acids is 1. The summed E-state index contributed by atoms with van der Waals surface area (Å²) in [6, 6.07) is 8.20. The minimum absolute atomic E-state index is 0.0495. The lowest BCUT2D eigenvalue weighted by atomic mass is 9.87. The predicted octanol–water partition coefficient (Wildman–Crippen LogP) is 3.07. The number of nitrogens with one attached hydrogen (secondary N) is 1. The van der Waals surface area contributed by atoms with Gasteiger partial charge in [0.25, 0.3) is 5.91 Å². The molecule has 0 unspecified atom stereocenters. The molecule has 1 aromatic carbocycles. The highest BCUT2D eigenvalue weighted by atomic mass is 32.2. The summed E-state index contributed by atoms with van der Waals surface area (Å²) in [6.45, 7) is 2.20. The number of nitriles is 1. The van der Waals surface area contributed by atoms with Crippen molar-refractivity contribution in [3.8, 4) is 6.07 Å². The van der Waals surface area contributed by atoms with Crippen LogP contribution in [0.4, 0.5) is 0 Å². The molecule has 6 heteroatoms. The number of nitrogens with zero attached hydrogens (tertiary/aromatic N) is 1. The number of hydrogen-bond donors (Lipinski definition) is 1. The topological polar surface area (TPSA) is 87.0 Å². The summed E-state index contributed by atoms with van der Waals surface area (Å²) in [7, 11) is -3.39. The molecule has 1 aliphatic rings. The Morgan fingerprint density at radius 2 is 2.00 bits per heavy atom. The van der Waals surface area contributed by atoms with Crippen molar-refractivity contribution in [3.63, 3.8) is 0 Å². The first-order chi connectivity index (χ1) is 11.4. The molecule has 0 bridgehead atoms. The Bertz CT molecular complexity index is 705. The molecule has 1 aliphatic carbocycles. The van der Waals surface area contributed by atoms with E-state index in [1.807, 2.05) is 6.07 Å². The number of benzene rings is 1. The summed E-state index contributed by atoms with van der Waals surface area (Å²) in [4.78, 5) is 12.5. The van der Waals surface area contributed by atoms with E-state index in [2.05, 4.69) is 12.2 Å². The molecular formula is C18H24N2O3S. The van der Waals surface area contributed by atoms with Gasteiger partial charge in [-0.2, -0.15) is 5.26 Å². The maximum absolute atomic E-state index is 12.3. The van der Waals surface area contributed by atoms with Crippen LogP contribution < -0.4 is 5.32 Å². The molecule has 0 aliphatic heterocycles. The van der Waals surface area contributed by atoms with Gasteiger partial charge in [0, 0.05) is 18.0 Å². The Balaban J connectivity index is 1.98. The van der Waals surface area contributed by atoms with Crippen LogP contribution in [-0.4, -0.2) is 26.1 Å². The lowest BCUT2D eigenvalue weighted by molar-refractivity contribution is 0.0921. The van der Waals surface area contributed by atoms with E-state index in [0.717, 1.165) is 19.3 Å². The number of unbranched alkanes of at least 4 members (excludes halogenated alkanes) is 1. The van der Waals surface area contributed by atoms with Gasteiger partial charge in [-0.25, -0.2) is 8.42 Å². The van der Waals surface area contributed by atoms with Crippen molar-refractivity contribution >= 4 is 15.7 Å². The van der Waals surface area contributed by atoms with Gasteiger partial charge in [-0.1, -0.05) is 19.8 Å². The van der Waals surface area contributed by atoms with Crippen LogP contribution in [0.2, 0.25) is 0 Å². The smallest absolute Gasteiger partial charge is 0.251 e. The van der Waals surface area contributed by atoms with Crippen molar-refractivity contribution in [1.82, 2.24) is 5.32 Å². The second-order valence-electron chi connectivity index (χ2n) is 6.55. The van der Waals surface area contributed by atoms with E-state index in [4.69, 9.17) is 5.26 Å². The molecule has 0 saturated heterocycles. The van der Waals surface area contributed by atoms with E-state index in [-0.39, 0.29) is 29.0 Å². The second kappa shape index (κ2) is 8.29. The summed E-state index contributed by atoms with van der Waals surface area (Å²) in [5.41, 5.74) is 0.476. The Labute approximate surface area is 144 Å². The highest BCUT2D eigenvalue weighted by Gasteiger charge is 2.21. The van der Waals surface area contributed by atoms with Gasteiger partial charge in [0.15, 0.2) is 9.84 Å². The van der Waals surface area contributed by atoms with E-state index >= 15 is 0 Å². The average molecular weight is 348 g/mol. The summed E-state index contributed by atoms with van der Waals surface area (Å²) < 4.78 is 24.3. The van der Waals surface area contributed by atoms with Gasteiger partial charge >= 0.3 is 0 Å². The number of sulfone groups is 1. The van der Waals surface area contributed by atoms with Gasteiger partial charge in [-0.15, -0.1) is 0 Å². The summed E-state index contributed by atoms with van der Waals surface area (Å²) in [5, 5.41) is 11.5. The van der Waals surface area contributed by atoms with Gasteiger partial charge in [-0.3, -0.25) is 4.79 Å². The first kappa shape index (κ1) is 18.5. The lowest BCUT2D eigenvalue weighted by Crippen LogP contribution is -2.37. The number of rotatable bonds is 6. The Morgan fingerprint density at radius 3 is 2.62 bits per heavy atom. The van der Waals surface area contributed by atoms with E-state index in [1.165, 1.54) is 18.6 Å². The maximum Gasteiger partial charge on any atom is 0.251 e. The molecule has 1 fully saturated rings. The monoisotopic (exact) mass is 348 g/mol. The van der Waals surface area contributed by atoms with Gasteiger partial charge < -0.3 is 5.32 Å². The highest BCUT2D eigenvalue weighted by Crippen LogP contribution is 2.24. The van der Waals surface area contributed by atoms with Crippen LogP contribution in [0.15, 0.2) is 29.2 Å². The molecule has 1 saturated carbocycles. The van der Waals surface area contributed by atoms with Crippen LogP contribution in [0.1, 0.15) is 55.8 Å². The zero-order valence-electron chi connectivity index (χ0n) is 14.0. The molecule has 2 atom stereocenters. The van der Waals surface area contributed by atoms with Gasteiger partial charge in [-0.05, 0) is 49.4 Å².